The SMILES string of the molecule is CN(C)c1ccc(C(=O)NCCN2CCOCC2=O)cc1. The lowest BCUT2D eigenvalue weighted by Gasteiger charge is -2.26. The van der Waals surface area contributed by atoms with Crippen LogP contribution in [0, 0.1) is 0 Å². The van der Waals surface area contributed by atoms with Gasteiger partial charge in [0, 0.05) is 45.0 Å². The standard InChI is InChI=1S/C15H21N3O3/c1-17(2)13-5-3-12(4-6-13)15(20)16-7-8-18-9-10-21-11-14(18)19/h3-6H,7-11H2,1-2H3,(H,16,20). The maximum absolute atomic E-state index is 12.0. The topological polar surface area (TPSA) is 61.9 Å². The first kappa shape index (κ1) is 15.3. The van der Waals surface area contributed by atoms with Gasteiger partial charge in [-0.05, 0) is 24.3 Å². The molecule has 0 bridgehead atoms. The molecule has 114 valence electrons. The summed E-state index contributed by atoms with van der Waals surface area (Å²) in [6.45, 7) is 2.25. The van der Waals surface area contributed by atoms with Crippen molar-refractivity contribution < 1.29 is 14.3 Å². The number of nitrogens with one attached hydrogen (secondary N) is 1. The Kier molecular flexibility index (Phi) is 5.16. The van der Waals surface area contributed by atoms with E-state index in [1.54, 1.807) is 17.0 Å². The molecule has 1 aromatic rings. The lowest BCUT2D eigenvalue weighted by atomic mass is 10.2. The number of nitrogens with zero attached hydrogens (tertiary/aromatic N) is 2. The smallest absolute Gasteiger partial charge is 0.251 e. The minimum atomic E-state index is -0.124. The molecule has 1 aliphatic heterocycles. The molecule has 0 radical (unpaired) electrons. The molecule has 6 heteroatoms. The third-order valence-corrected chi connectivity index (χ3v) is 3.40. The zero-order valence-corrected chi connectivity index (χ0v) is 12.5. The van der Waals surface area contributed by atoms with Crippen LogP contribution in [0.5, 0.6) is 0 Å². The van der Waals surface area contributed by atoms with Gasteiger partial charge >= 0.3 is 0 Å². The minimum absolute atomic E-state index is 0.0224. The van der Waals surface area contributed by atoms with Crippen LogP contribution in [0.3, 0.4) is 0 Å². The normalized spacial score (nSPS) is 15.0. The van der Waals surface area contributed by atoms with Crippen molar-refractivity contribution in [2.45, 2.75) is 0 Å². The van der Waals surface area contributed by atoms with Crippen LogP contribution in [-0.2, 0) is 9.53 Å². The molecule has 0 spiro atoms. The van der Waals surface area contributed by atoms with E-state index in [1.807, 2.05) is 31.1 Å². The van der Waals surface area contributed by atoms with Crippen molar-refractivity contribution in [3.63, 3.8) is 0 Å². The van der Waals surface area contributed by atoms with E-state index in [1.165, 1.54) is 0 Å². The molecule has 0 aromatic heterocycles. The summed E-state index contributed by atoms with van der Waals surface area (Å²) in [7, 11) is 3.91. The summed E-state index contributed by atoms with van der Waals surface area (Å²) in [6, 6.07) is 7.40. The van der Waals surface area contributed by atoms with Crippen LogP contribution in [0.15, 0.2) is 24.3 Å². The van der Waals surface area contributed by atoms with Gasteiger partial charge < -0.3 is 19.9 Å². The van der Waals surface area contributed by atoms with Gasteiger partial charge in [0.25, 0.3) is 5.91 Å². The highest BCUT2D eigenvalue weighted by atomic mass is 16.5. The van der Waals surface area contributed by atoms with E-state index >= 15 is 0 Å². The van der Waals surface area contributed by atoms with Gasteiger partial charge in [-0.2, -0.15) is 0 Å². The molecular formula is C15H21N3O3. The van der Waals surface area contributed by atoms with Gasteiger partial charge in [0.15, 0.2) is 0 Å². The average molecular weight is 291 g/mol. The molecular weight excluding hydrogens is 270 g/mol. The largest absolute Gasteiger partial charge is 0.378 e. The van der Waals surface area contributed by atoms with Crippen LogP contribution in [0.25, 0.3) is 0 Å². The molecule has 6 nitrogen and oxygen atoms in total. The number of amides is 2. The summed E-state index contributed by atoms with van der Waals surface area (Å²) < 4.78 is 5.06. The lowest BCUT2D eigenvalue weighted by Crippen LogP contribution is -2.45. The highest BCUT2D eigenvalue weighted by molar-refractivity contribution is 5.94. The third-order valence-electron chi connectivity index (χ3n) is 3.40. The summed E-state index contributed by atoms with van der Waals surface area (Å²) in [6.07, 6.45) is 0. The van der Waals surface area contributed by atoms with Crippen LogP contribution in [0.4, 0.5) is 5.69 Å². The average Bonchev–Trinajstić information content (AvgIpc) is 2.49. The van der Waals surface area contributed by atoms with Gasteiger partial charge in [0.1, 0.15) is 6.61 Å². The monoisotopic (exact) mass is 291 g/mol. The molecule has 0 atom stereocenters. The molecule has 0 saturated carbocycles. The lowest BCUT2D eigenvalue weighted by molar-refractivity contribution is -0.142. The van der Waals surface area contributed by atoms with Gasteiger partial charge in [0.2, 0.25) is 5.91 Å². The van der Waals surface area contributed by atoms with Crippen molar-refractivity contribution >= 4 is 17.5 Å². The van der Waals surface area contributed by atoms with Gasteiger partial charge in [-0.25, -0.2) is 0 Å². The minimum Gasteiger partial charge on any atom is -0.378 e. The Balaban J connectivity index is 1.80. The third kappa shape index (κ3) is 4.19. The molecule has 0 aliphatic carbocycles. The van der Waals surface area contributed by atoms with Crippen molar-refractivity contribution in [2.24, 2.45) is 0 Å². The van der Waals surface area contributed by atoms with Crippen molar-refractivity contribution in [1.82, 2.24) is 10.2 Å². The van der Waals surface area contributed by atoms with E-state index in [0.717, 1.165) is 5.69 Å². The van der Waals surface area contributed by atoms with Gasteiger partial charge in [-0.3, -0.25) is 9.59 Å². The van der Waals surface area contributed by atoms with Gasteiger partial charge in [0.05, 0.1) is 6.61 Å². The first-order valence-electron chi connectivity index (χ1n) is 6.99. The fourth-order valence-corrected chi connectivity index (χ4v) is 2.10. The van der Waals surface area contributed by atoms with Crippen LogP contribution >= 0.6 is 0 Å². The van der Waals surface area contributed by atoms with E-state index in [0.29, 0.717) is 31.8 Å². The molecule has 2 rings (SSSR count). The number of ether oxygens (including phenoxy) is 1. The first-order valence-corrected chi connectivity index (χ1v) is 6.99. The predicted octanol–water partition coefficient (Wildman–Crippen LogP) is 0.341. The Morgan fingerprint density at radius 1 is 1.33 bits per heavy atom. The van der Waals surface area contributed by atoms with Crippen LogP contribution in [0.1, 0.15) is 10.4 Å². The highest BCUT2D eigenvalue weighted by Crippen LogP contribution is 2.12. The Bertz CT molecular complexity index is 499. The zero-order valence-electron chi connectivity index (χ0n) is 12.5. The number of hydrogen-bond donors (Lipinski definition) is 1. The van der Waals surface area contributed by atoms with Crippen molar-refractivity contribution in [3.05, 3.63) is 29.8 Å². The van der Waals surface area contributed by atoms with Crippen LogP contribution in [0.2, 0.25) is 0 Å². The molecule has 1 N–H and O–H groups in total. The van der Waals surface area contributed by atoms with E-state index in [-0.39, 0.29) is 18.4 Å². The first-order chi connectivity index (χ1) is 10.1. The number of anilines is 1. The summed E-state index contributed by atoms with van der Waals surface area (Å²) in [5, 5.41) is 2.83. The second-order valence-electron chi connectivity index (χ2n) is 5.13. The second-order valence-corrected chi connectivity index (χ2v) is 5.13. The van der Waals surface area contributed by atoms with Crippen LogP contribution < -0.4 is 10.2 Å². The van der Waals surface area contributed by atoms with E-state index in [2.05, 4.69) is 5.32 Å². The summed E-state index contributed by atoms with van der Waals surface area (Å²) in [4.78, 5) is 27.2. The quantitative estimate of drug-likeness (QED) is 0.850. The van der Waals surface area contributed by atoms with Gasteiger partial charge in [-0.15, -0.1) is 0 Å². The Morgan fingerprint density at radius 2 is 2.05 bits per heavy atom. The number of hydrogen-bond acceptors (Lipinski definition) is 4. The molecule has 1 aromatic carbocycles. The Morgan fingerprint density at radius 3 is 2.67 bits per heavy atom. The molecule has 1 heterocycles. The molecule has 1 saturated heterocycles. The zero-order chi connectivity index (χ0) is 15.2. The Labute approximate surface area is 124 Å². The van der Waals surface area contributed by atoms with Gasteiger partial charge in [-0.1, -0.05) is 0 Å². The predicted molar refractivity (Wildman–Crippen MR) is 80.5 cm³/mol. The van der Waals surface area contributed by atoms with Crippen molar-refractivity contribution in [2.75, 3.05) is 51.8 Å². The number of rotatable bonds is 5. The summed E-state index contributed by atoms with van der Waals surface area (Å²) in [5.74, 6) is -0.146. The van der Waals surface area contributed by atoms with E-state index in [9.17, 15) is 9.59 Å². The second kappa shape index (κ2) is 7.08. The summed E-state index contributed by atoms with van der Waals surface area (Å²) in [5.41, 5.74) is 1.67. The van der Waals surface area contributed by atoms with Crippen molar-refractivity contribution in [1.29, 1.82) is 0 Å². The molecule has 1 aliphatic rings. The number of carbonyl (C=O) groups excluding carboxylic acids is 2. The number of carbonyl (C=O) groups is 2. The fraction of sp³-hybridized carbons (Fsp3) is 0.467. The number of benzene rings is 1. The highest BCUT2D eigenvalue weighted by Gasteiger charge is 2.18. The number of morpholine rings is 1. The maximum Gasteiger partial charge on any atom is 0.251 e. The Hall–Kier alpha value is -2.08. The molecule has 0 unspecified atom stereocenters. The fourth-order valence-electron chi connectivity index (χ4n) is 2.10. The maximum atomic E-state index is 12.0. The molecule has 21 heavy (non-hydrogen) atoms. The molecule has 1 fully saturated rings. The van der Waals surface area contributed by atoms with Crippen molar-refractivity contribution in [3.8, 4) is 0 Å². The van der Waals surface area contributed by atoms with Crippen LogP contribution in [-0.4, -0.2) is 63.7 Å². The molecule has 2 amide bonds. The van der Waals surface area contributed by atoms with E-state index in [4.69, 9.17) is 4.74 Å². The summed E-state index contributed by atoms with van der Waals surface area (Å²) >= 11 is 0. The van der Waals surface area contributed by atoms with E-state index < -0.39 is 0 Å².